The number of hydrogen-bond acceptors (Lipinski definition) is 4. The molecular weight excluding hydrogens is 206 g/mol. The zero-order valence-corrected chi connectivity index (χ0v) is 10.2. The van der Waals surface area contributed by atoms with Crippen molar-refractivity contribution < 1.29 is 9.53 Å². The maximum Gasteiger partial charge on any atom is 0.323 e. The van der Waals surface area contributed by atoms with E-state index in [0.29, 0.717) is 6.42 Å². The van der Waals surface area contributed by atoms with Crippen molar-refractivity contribution in [3.05, 3.63) is 18.2 Å². The molecule has 1 aromatic heterocycles. The first-order valence-electron chi connectivity index (χ1n) is 5.25. The van der Waals surface area contributed by atoms with E-state index >= 15 is 0 Å². The van der Waals surface area contributed by atoms with Crippen LogP contribution in [0.25, 0.3) is 0 Å². The summed E-state index contributed by atoms with van der Waals surface area (Å²) in [7, 11) is 1.40. The van der Waals surface area contributed by atoms with Crippen LogP contribution in [0.1, 0.15) is 26.5 Å². The van der Waals surface area contributed by atoms with Crippen molar-refractivity contribution in [2.75, 3.05) is 7.11 Å². The van der Waals surface area contributed by atoms with Crippen molar-refractivity contribution in [2.24, 2.45) is 0 Å². The van der Waals surface area contributed by atoms with Gasteiger partial charge in [0.05, 0.1) is 13.4 Å². The van der Waals surface area contributed by atoms with Crippen molar-refractivity contribution in [3.8, 4) is 0 Å². The number of carbonyl (C=O) groups is 1. The van der Waals surface area contributed by atoms with Gasteiger partial charge in [0.25, 0.3) is 0 Å². The van der Waals surface area contributed by atoms with E-state index in [1.54, 1.807) is 12.5 Å². The number of ether oxygens (including phenoxy) is 1. The molecule has 0 fully saturated rings. The number of nitrogens with zero attached hydrogens (tertiary/aromatic N) is 1. The molecule has 90 valence electrons. The largest absolute Gasteiger partial charge is 0.468 e. The van der Waals surface area contributed by atoms with Gasteiger partial charge in [-0.1, -0.05) is 0 Å². The second-order valence-corrected chi connectivity index (χ2v) is 4.75. The number of imidazole rings is 1. The van der Waals surface area contributed by atoms with Gasteiger partial charge in [-0.2, -0.15) is 0 Å². The van der Waals surface area contributed by atoms with Crippen LogP contribution in [0.15, 0.2) is 12.5 Å². The Labute approximate surface area is 95.6 Å². The summed E-state index contributed by atoms with van der Waals surface area (Å²) in [6.07, 6.45) is 3.85. The summed E-state index contributed by atoms with van der Waals surface area (Å²) < 4.78 is 4.77. The maximum absolute atomic E-state index is 11.6. The highest BCUT2D eigenvalue weighted by atomic mass is 16.5. The number of H-pyrrole nitrogens is 1. The molecule has 1 unspecified atom stereocenters. The van der Waals surface area contributed by atoms with Crippen LogP contribution < -0.4 is 5.32 Å². The van der Waals surface area contributed by atoms with Gasteiger partial charge in [0.2, 0.25) is 0 Å². The maximum atomic E-state index is 11.6. The smallest absolute Gasteiger partial charge is 0.323 e. The third-order valence-corrected chi connectivity index (χ3v) is 2.07. The molecule has 1 aromatic rings. The predicted octanol–water partition coefficient (Wildman–Crippen LogP) is 0.882. The Morgan fingerprint density at radius 3 is 2.75 bits per heavy atom. The monoisotopic (exact) mass is 225 g/mol. The molecule has 1 atom stereocenters. The van der Waals surface area contributed by atoms with E-state index in [1.807, 2.05) is 20.8 Å². The summed E-state index contributed by atoms with van der Waals surface area (Å²) in [5.74, 6) is -0.260. The molecule has 0 aliphatic heterocycles. The minimum Gasteiger partial charge on any atom is -0.468 e. The standard InChI is InChI=1S/C11H19N3O2/c1-11(2,3)14-9(10(15)16-4)5-8-6-12-7-13-8/h6-7,9,14H,5H2,1-4H3,(H,12,13). The van der Waals surface area contributed by atoms with Crippen LogP contribution in [0.5, 0.6) is 0 Å². The highest BCUT2D eigenvalue weighted by Crippen LogP contribution is 2.07. The van der Waals surface area contributed by atoms with E-state index in [9.17, 15) is 4.79 Å². The number of rotatable bonds is 4. The van der Waals surface area contributed by atoms with Crippen molar-refractivity contribution in [1.82, 2.24) is 15.3 Å². The normalized spacial score (nSPS) is 13.5. The average Bonchev–Trinajstić information content (AvgIpc) is 2.66. The van der Waals surface area contributed by atoms with Crippen molar-refractivity contribution in [2.45, 2.75) is 38.8 Å². The number of esters is 1. The van der Waals surface area contributed by atoms with Crippen molar-refractivity contribution in [3.63, 3.8) is 0 Å². The molecule has 5 heteroatoms. The van der Waals surface area contributed by atoms with Crippen LogP contribution in [-0.2, 0) is 16.0 Å². The Balaban J connectivity index is 2.68. The van der Waals surface area contributed by atoms with E-state index in [4.69, 9.17) is 4.74 Å². The van der Waals surface area contributed by atoms with Crippen LogP contribution in [0.2, 0.25) is 0 Å². The lowest BCUT2D eigenvalue weighted by Gasteiger charge is -2.26. The summed E-state index contributed by atoms with van der Waals surface area (Å²) in [6.45, 7) is 6.03. The molecule has 2 N–H and O–H groups in total. The highest BCUT2D eigenvalue weighted by molar-refractivity contribution is 5.76. The van der Waals surface area contributed by atoms with Gasteiger partial charge in [0.15, 0.2) is 0 Å². The summed E-state index contributed by atoms with van der Waals surface area (Å²) in [5.41, 5.74) is 0.769. The molecule has 0 saturated heterocycles. The molecule has 0 spiro atoms. The Kier molecular flexibility index (Phi) is 4.06. The molecule has 0 aliphatic carbocycles. The zero-order chi connectivity index (χ0) is 12.2. The van der Waals surface area contributed by atoms with Gasteiger partial charge >= 0.3 is 5.97 Å². The first-order chi connectivity index (χ1) is 7.42. The number of aromatic amines is 1. The molecule has 0 radical (unpaired) electrons. The number of nitrogens with one attached hydrogen (secondary N) is 2. The van der Waals surface area contributed by atoms with Gasteiger partial charge in [-0.05, 0) is 20.8 Å². The lowest BCUT2D eigenvalue weighted by atomic mass is 10.0. The van der Waals surface area contributed by atoms with Crippen LogP contribution in [0.3, 0.4) is 0 Å². The number of hydrogen-bond donors (Lipinski definition) is 2. The van der Waals surface area contributed by atoms with Crippen LogP contribution in [0, 0.1) is 0 Å². The fourth-order valence-corrected chi connectivity index (χ4v) is 1.47. The summed E-state index contributed by atoms with van der Waals surface area (Å²) in [5, 5.41) is 3.22. The summed E-state index contributed by atoms with van der Waals surface area (Å²) in [6, 6.07) is -0.356. The zero-order valence-electron chi connectivity index (χ0n) is 10.2. The molecule has 0 aliphatic rings. The predicted molar refractivity (Wildman–Crippen MR) is 61.0 cm³/mol. The van der Waals surface area contributed by atoms with E-state index in [0.717, 1.165) is 5.69 Å². The van der Waals surface area contributed by atoms with Crippen molar-refractivity contribution >= 4 is 5.97 Å². The Morgan fingerprint density at radius 1 is 1.62 bits per heavy atom. The second-order valence-electron chi connectivity index (χ2n) is 4.75. The third-order valence-electron chi connectivity index (χ3n) is 2.07. The fourth-order valence-electron chi connectivity index (χ4n) is 1.47. The van der Waals surface area contributed by atoms with Gasteiger partial charge in [0, 0.05) is 23.9 Å². The lowest BCUT2D eigenvalue weighted by Crippen LogP contribution is -2.49. The van der Waals surface area contributed by atoms with Crippen LogP contribution in [0.4, 0.5) is 0 Å². The SMILES string of the molecule is COC(=O)C(Cc1cnc[nH]1)NC(C)(C)C. The highest BCUT2D eigenvalue weighted by Gasteiger charge is 2.24. The Morgan fingerprint density at radius 2 is 2.31 bits per heavy atom. The Hall–Kier alpha value is -1.36. The van der Waals surface area contributed by atoms with E-state index in [-0.39, 0.29) is 17.6 Å². The summed E-state index contributed by atoms with van der Waals surface area (Å²) in [4.78, 5) is 18.5. The average molecular weight is 225 g/mol. The molecular formula is C11H19N3O2. The molecule has 0 saturated carbocycles. The van der Waals surface area contributed by atoms with Gasteiger partial charge in [-0.25, -0.2) is 4.98 Å². The first kappa shape index (κ1) is 12.7. The minimum absolute atomic E-state index is 0.140. The van der Waals surface area contributed by atoms with Crippen molar-refractivity contribution in [1.29, 1.82) is 0 Å². The topological polar surface area (TPSA) is 67.0 Å². The summed E-state index contributed by atoms with van der Waals surface area (Å²) >= 11 is 0. The van der Waals surface area contributed by atoms with Gasteiger partial charge in [-0.15, -0.1) is 0 Å². The molecule has 5 nitrogen and oxygen atoms in total. The minimum atomic E-state index is -0.356. The van der Waals surface area contributed by atoms with Crippen LogP contribution in [-0.4, -0.2) is 34.6 Å². The molecule has 1 heterocycles. The van der Waals surface area contributed by atoms with E-state index in [1.165, 1.54) is 7.11 Å². The van der Waals surface area contributed by atoms with E-state index in [2.05, 4.69) is 15.3 Å². The third kappa shape index (κ3) is 4.02. The molecule has 0 aromatic carbocycles. The second kappa shape index (κ2) is 5.12. The molecule has 0 bridgehead atoms. The molecule has 1 rings (SSSR count). The van der Waals surface area contributed by atoms with Crippen LogP contribution >= 0.6 is 0 Å². The quantitative estimate of drug-likeness (QED) is 0.747. The van der Waals surface area contributed by atoms with Gasteiger partial charge in [-0.3, -0.25) is 10.1 Å². The molecule has 0 amide bonds. The van der Waals surface area contributed by atoms with E-state index < -0.39 is 0 Å². The fraction of sp³-hybridized carbons (Fsp3) is 0.636. The Bertz CT molecular complexity index is 327. The molecule has 16 heavy (non-hydrogen) atoms. The van der Waals surface area contributed by atoms with Gasteiger partial charge in [0.1, 0.15) is 6.04 Å². The number of aromatic nitrogens is 2. The number of methoxy groups -OCH3 is 1. The lowest BCUT2D eigenvalue weighted by molar-refractivity contribution is -0.143. The number of carbonyl (C=O) groups excluding carboxylic acids is 1. The van der Waals surface area contributed by atoms with Gasteiger partial charge < -0.3 is 9.72 Å². The first-order valence-corrected chi connectivity index (χ1v) is 5.25.